The molecule has 10 heteroatoms. The van der Waals surface area contributed by atoms with Crippen LogP contribution in [-0.4, -0.2) is 78.1 Å². The first-order chi connectivity index (χ1) is 19.4. The SMILES string of the molecule is CC(C)C(N)=NC(=O)N1CCC(CCCOc2ccc(C[C@H](NC(=O)OC(C)(C)C)C(=O)N3CCCC3)cc2)CC1. The first kappa shape index (κ1) is 32.2. The number of carbonyl (C=O) groups is 3. The number of nitrogens with zero attached hydrogens (tertiary/aromatic N) is 3. The molecule has 4 amide bonds. The van der Waals surface area contributed by atoms with Crippen molar-refractivity contribution in [3.8, 4) is 5.75 Å². The summed E-state index contributed by atoms with van der Waals surface area (Å²) in [6.45, 7) is 12.7. The van der Waals surface area contributed by atoms with Gasteiger partial charge in [0.05, 0.1) is 6.61 Å². The fraction of sp³-hybridized carbons (Fsp3) is 0.677. The predicted octanol–water partition coefficient (Wildman–Crippen LogP) is 4.75. The van der Waals surface area contributed by atoms with Crippen molar-refractivity contribution in [3.63, 3.8) is 0 Å². The number of amides is 4. The van der Waals surface area contributed by atoms with E-state index in [2.05, 4.69) is 10.3 Å². The van der Waals surface area contributed by atoms with Gasteiger partial charge in [-0.2, -0.15) is 4.99 Å². The largest absolute Gasteiger partial charge is 0.494 e. The topological polar surface area (TPSA) is 127 Å². The monoisotopic (exact) mass is 571 g/mol. The van der Waals surface area contributed by atoms with Gasteiger partial charge in [-0.3, -0.25) is 4.79 Å². The third-order valence-corrected chi connectivity index (χ3v) is 7.50. The highest BCUT2D eigenvalue weighted by atomic mass is 16.6. The summed E-state index contributed by atoms with van der Waals surface area (Å²) < 4.78 is 11.4. The van der Waals surface area contributed by atoms with Crippen molar-refractivity contribution in [2.24, 2.45) is 22.6 Å². The lowest BCUT2D eigenvalue weighted by Crippen LogP contribution is -2.50. The molecule has 2 aliphatic rings. The van der Waals surface area contributed by atoms with Crippen molar-refractivity contribution in [1.82, 2.24) is 15.1 Å². The molecule has 228 valence electrons. The number of rotatable bonds is 10. The Labute approximate surface area is 245 Å². The summed E-state index contributed by atoms with van der Waals surface area (Å²) in [7, 11) is 0. The van der Waals surface area contributed by atoms with Crippen molar-refractivity contribution in [3.05, 3.63) is 29.8 Å². The molecule has 0 aliphatic carbocycles. The van der Waals surface area contributed by atoms with Gasteiger partial charge in [0.25, 0.3) is 0 Å². The molecular weight excluding hydrogens is 522 g/mol. The van der Waals surface area contributed by atoms with Crippen molar-refractivity contribution >= 4 is 23.9 Å². The number of nitrogens with two attached hydrogens (primary N) is 1. The number of hydrogen-bond donors (Lipinski definition) is 2. The summed E-state index contributed by atoms with van der Waals surface area (Å²) in [5.74, 6) is 1.72. The molecule has 1 atom stereocenters. The lowest BCUT2D eigenvalue weighted by Gasteiger charge is -2.30. The van der Waals surface area contributed by atoms with Gasteiger partial charge >= 0.3 is 12.1 Å². The molecule has 41 heavy (non-hydrogen) atoms. The molecule has 0 spiro atoms. The normalized spacial score (nSPS) is 17.5. The third kappa shape index (κ3) is 10.9. The lowest BCUT2D eigenvalue weighted by molar-refractivity contribution is -0.132. The second-order valence-electron chi connectivity index (χ2n) is 12.5. The molecular formula is C31H49N5O5. The number of alkyl carbamates (subject to hydrolysis) is 1. The minimum absolute atomic E-state index is 0.0646. The number of nitrogens with one attached hydrogen (secondary N) is 1. The van der Waals surface area contributed by atoms with E-state index in [0.717, 1.165) is 62.9 Å². The van der Waals surface area contributed by atoms with Crippen LogP contribution in [0.25, 0.3) is 0 Å². The zero-order valence-corrected chi connectivity index (χ0v) is 25.5. The minimum Gasteiger partial charge on any atom is -0.494 e. The maximum absolute atomic E-state index is 13.1. The second-order valence-corrected chi connectivity index (χ2v) is 12.5. The summed E-state index contributed by atoms with van der Waals surface area (Å²) in [6, 6.07) is 6.79. The van der Waals surface area contributed by atoms with Crippen LogP contribution in [0.15, 0.2) is 29.3 Å². The zero-order valence-electron chi connectivity index (χ0n) is 25.5. The molecule has 10 nitrogen and oxygen atoms in total. The van der Waals surface area contributed by atoms with Gasteiger partial charge in [-0.05, 0) is 82.9 Å². The molecule has 1 aromatic carbocycles. The number of hydrogen-bond acceptors (Lipinski definition) is 5. The fourth-order valence-corrected chi connectivity index (χ4v) is 5.05. The molecule has 0 radical (unpaired) electrons. The lowest BCUT2D eigenvalue weighted by atomic mass is 9.92. The Bertz CT molecular complexity index is 1040. The third-order valence-electron chi connectivity index (χ3n) is 7.50. The summed E-state index contributed by atoms with van der Waals surface area (Å²) >= 11 is 0. The van der Waals surface area contributed by atoms with Gasteiger partial charge in [-0.25, -0.2) is 9.59 Å². The Balaban J connectivity index is 1.42. The van der Waals surface area contributed by atoms with Crippen molar-refractivity contribution in [2.45, 2.75) is 91.2 Å². The Morgan fingerprint density at radius 1 is 1.02 bits per heavy atom. The second kappa shape index (κ2) is 15.1. The van der Waals surface area contributed by atoms with E-state index in [-0.39, 0.29) is 17.9 Å². The average molecular weight is 572 g/mol. The molecule has 0 aromatic heterocycles. The van der Waals surface area contributed by atoms with Gasteiger partial charge in [0.2, 0.25) is 5.91 Å². The van der Waals surface area contributed by atoms with Crippen LogP contribution < -0.4 is 15.8 Å². The average Bonchev–Trinajstić information content (AvgIpc) is 3.45. The van der Waals surface area contributed by atoms with Crippen LogP contribution in [0, 0.1) is 11.8 Å². The molecule has 0 bridgehead atoms. The van der Waals surface area contributed by atoms with Crippen LogP contribution in [0.3, 0.4) is 0 Å². The Kier molecular flexibility index (Phi) is 11.8. The van der Waals surface area contributed by atoms with Crippen LogP contribution >= 0.6 is 0 Å². The van der Waals surface area contributed by atoms with E-state index in [0.29, 0.717) is 37.9 Å². The summed E-state index contributed by atoms with van der Waals surface area (Å²) in [5.41, 5.74) is 6.13. The highest BCUT2D eigenvalue weighted by Crippen LogP contribution is 2.23. The van der Waals surface area contributed by atoms with Crippen molar-refractivity contribution in [1.29, 1.82) is 0 Å². The summed E-state index contributed by atoms with van der Waals surface area (Å²) in [5, 5.41) is 2.79. The van der Waals surface area contributed by atoms with E-state index in [9.17, 15) is 14.4 Å². The number of ether oxygens (including phenoxy) is 2. The van der Waals surface area contributed by atoms with Crippen molar-refractivity contribution < 1.29 is 23.9 Å². The highest BCUT2D eigenvalue weighted by molar-refractivity contribution is 5.93. The van der Waals surface area contributed by atoms with Crippen LogP contribution in [-0.2, 0) is 16.0 Å². The molecule has 2 heterocycles. The molecule has 3 N–H and O–H groups in total. The van der Waals surface area contributed by atoms with Crippen LogP contribution in [0.5, 0.6) is 5.75 Å². The summed E-state index contributed by atoms with van der Waals surface area (Å²) in [6.07, 6.45) is 5.68. The maximum Gasteiger partial charge on any atom is 0.408 e. The Morgan fingerprint density at radius 2 is 1.66 bits per heavy atom. The Hall–Kier alpha value is -3.30. The number of likely N-dealkylation sites (tertiary alicyclic amines) is 2. The zero-order chi connectivity index (χ0) is 30.0. The van der Waals surface area contributed by atoms with E-state index in [1.807, 2.05) is 43.0 Å². The molecule has 2 fully saturated rings. The molecule has 0 unspecified atom stereocenters. The van der Waals surface area contributed by atoms with Gasteiger partial charge in [0, 0.05) is 38.5 Å². The maximum atomic E-state index is 13.1. The molecule has 3 rings (SSSR count). The quantitative estimate of drug-likeness (QED) is 0.237. The first-order valence-corrected chi connectivity index (χ1v) is 15.0. The van der Waals surface area contributed by atoms with Crippen LogP contribution in [0.1, 0.15) is 78.7 Å². The van der Waals surface area contributed by atoms with E-state index in [1.54, 1.807) is 25.7 Å². The number of aliphatic imine (C=N–C) groups is 1. The van der Waals surface area contributed by atoms with E-state index < -0.39 is 17.7 Å². The minimum atomic E-state index is -0.684. The Morgan fingerprint density at radius 3 is 2.24 bits per heavy atom. The standard InChI is InChI=1S/C31H49N5O5/c1-22(2)27(32)34-29(38)36-18-14-23(15-19-36)9-8-20-40-25-12-10-24(11-13-25)21-26(28(37)35-16-6-7-17-35)33-30(39)41-31(3,4)5/h10-13,22-23,26H,6-9,14-21H2,1-5H3,(H,33,39)(H2,32,34,38)/t26-/m0/s1. The molecule has 2 aliphatic heterocycles. The van der Waals surface area contributed by atoms with Crippen molar-refractivity contribution in [2.75, 3.05) is 32.8 Å². The smallest absolute Gasteiger partial charge is 0.408 e. The number of amidine groups is 1. The van der Waals surface area contributed by atoms with Crippen LogP contribution in [0.2, 0.25) is 0 Å². The molecule has 1 aromatic rings. The van der Waals surface area contributed by atoms with Gasteiger partial charge in [-0.1, -0.05) is 26.0 Å². The molecule has 0 saturated carbocycles. The van der Waals surface area contributed by atoms with Gasteiger partial charge in [0.1, 0.15) is 23.2 Å². The number of benzene rings is 1. The number of carbonyl (C=O) groups excluding carboxylic acids is 3. The highest BCUT2D eigenvalue weighted by Gasteiger charge is 2.30. The predicted molar refractivity (Wildman–Crippen MR) is 160 cm³/mol. The first-order valence-electron chi connectivity index (χ1n) is 15.0. The van der Waals surface area contributed by atoms with E-state index in [4.69, 9.17) is 15.2 Å². The van der Waals surface area contributed by atoms with E-state index >= 15 is 0 Å². The van der Waals surface area contributed by atoms with E-state index in [1.165, 1.54) is 0 Å². The summed E-state index contributed by atoms with van der Waals surface area (Å²) in [4.78, 5) is 45.5. The fourth-order valence-electron chi connectivity index (χ4n) is 5.05. The molecule has 2 saturated heterocycles. The van der Waals surface area contributed by atoms with Gasteiger partial charge < -0.3 is 30.3 Å². The number of urea groups is 1. The number of piperidine rings is 1. The van der Waals surface area contributed by atoms with Crippen LogP contribution in [0.4, 0.5) is 9.59 Å². The van der Waals surface area contributed by atoms with Gasteiger partial charge in [-0.15, -0.1) is 0 Å². The van der Waals surface area contributed by atoms with Gasteiger partial charge in [0.15, 0.2) is 0 Å².